The molecule has 4 rings (SSSR count). The maximum absolute atomic E-state index is 6.47. The normalized spacial score (nSPS) is 15.1. The lowest BCUT2D eigenvalue weighted by atomic mass is 10.0. The number of imidazole rings is 1. The predicted octanol–water partition coefficient (Wildman–Crippen LogP) is 4.71. The van der Waals surface area contributed by atoms with E-state index in [0.717, 1.165) is 55.3 Å². The van der Waals surface area contributed by atoms with Crippen LogP contribution in [-0.4, -0.2) is 35.7 Å². The molecular weight excluding hydrogens is 357 g/mol. The summed E-state index contributed by atoms with van der Waals surface area (Å²) in [5, 5.41) is 1.30. The molecule has 6 heteroatoms. The topological polar surface area (TPSA) is 29.8 Å². The van der Waals surface area contributed by atoms with E-state index in [9.17, 15) is 0 Å². The summed E-state index contributed by atoms with van der Waals surface area (Å²) in [6, 6.07) is 7.79. The molecule has 0 unspecified atom stereocenters. The molecular formula is C19H19Cl2N3O. The van der Waals surface area contributed by atoms with Crippen molar-refractivity contribution in [2.75, 3.05) is 31.2 Å². The maximum atomic E-state index is 6.47. The van der Waals surface area contributed by atoms with Crippen molar-refractivity contribution in [3.8, 4) is 11.1 Å². The summed E-state index contributed by atoms with van der Waals surface area (Å²) in [6.45, 7) is 5.39. The zero-order valence-electron chi connectivity index (χ0n) is 14.0. The van der Waals surface area contributed by atoms with Crippen LogP contribution in [0, 0.1) is 0 Å². The predicted molar refractivity (Wildman–Crippen MR) is 103 cm³/mol. The Kier molecular flexibility index (Phi) is 4.59. The molecule has 3 heterocycles. The van der Waals surface area contributed by atoms with Gasteiger partial charge < -0.3 is 9.64 Å². The average molecular weight is 376 g/mol. The fourth-order valence-electron chi connectivity index (χ4n) is 3.32. The van der Waals surface area contributed by atoms with Gasteiger partial charge in [0.15, 0.2) is 0 Å². The molecule has 0 saturated carbocycles. The van der Waals surface area contributed by atoms with E-state index in [0.29, 0.717) is 10.0 Å². The Morgan fingerprint density at radius 2 is 1.92 bits per heavy atom. The summed E-state index contributed by atoms with van der Waals surface area (Å²) >= 11 is 12.5. The summed E-state index contributed by atoms with van der Waals surface area (Å²) in [4.78, 5) is 6.91. The molecule has 0 amide bonds. The largest absolute Gasteiger partial charge is 0.378 e. The average Bonchev–Trinajstić information content (AvgIpc) is 3.04. The van der Waals surface area contributed by atoms with Gasteiger partial charge in [-0.15, -0.1) is 0 Å². The van der Waals surface area contributed by atoms with E-state index >= 15 is 0 Å². The first-order valence-corrected chi connectivity index (χ1v) is 9.21. The molecule has 130 valence electrons. The van der Waals surface area contributed by atoms with E-state index in [-0.39, 0.29) is 0 Å². The van der Waals surface area contributed by atoms with E-state index in [4.69, 9.17) is 27.9 Å². The Bertz CT molecular complexity index is 916. The van der Waals surface area contributed by atoms with E-state index in [1.807, 2.05) is 18.3 Å². The van der Waals surface area contributed by atoms with Crippen LogP contribution in [0.5, 0.6) is 0 Å². The minimum absolute atomic E-state index is 0.643. The Hall–Kier alpha value is -1.75. The number of halogens is 2. The number of hydrogen-bond acceptors (Lipinski definition) is 3. The quantitative estimate of drug-likeness (QED) is 0.663. The summed E-state index contributed by atoms with van der Waals surface area (Å²) in [6.07, 6.45) is 4.99. The van der Waals surface area contributed by atoms with Crippen LogP contribution < -0.4 is 4.90 Å². The van der Waals surface area contributed by atoms with Gasteiger partial charge in [0, 0.05) is 40.5 Å². The number of pyridine rings is 1. The summed E-state index contributed by atoms with van der Waals surface area (Å²) in [5.41, 5.74) is 4.28. The molecule has 3 aromatic rings. The van der Waals surface area contributed by atoms with Crippen molar-refractivity contribution < 1.29 is 4.74 Å². The third-order valence-electron chi connectivity index (χ3n) is 4.65. The van der Waals surface area contributed by atoms with Crippen LogP contribution in [0.4, 0.5) is 5.82 Å². The minimum atomic E-state index is 0.643. The van der Waals surface area contributed by atoms with Crippen molar-refractivity contribution in [3.05, 3.63) is 52.3 Å². The van der Waals surface area contributed by atoms with Crippen molar-refractivity contribution in [3.63, 3.8) is 0 Å². The van der Waals surface area contributed by atoms with Crippen LogP contribution in [0.25, 0.3) is 16.8 Å². The zero-order chi connectivity index (χ0) is 17.4. The van der Waals surface area contributed by atoms with Gasteiger partial charge in [-0.25, -0.2) is 4.98 Å². The van der Waals surface area contributed by atoms with Crippen molar-refractivity contribution in [1.29, 1.82) is 0 Å². The maximum Gasteiger partial charge on any atom is 0.138 e. The number of morpholine rings is 1. The van der Waals surface area contributed by atoms with E-state index < -0.39 is 0 Å². The number of hydrogen-bond donors (Lipinski definition) is 0. The number of aryl methyl sites for hydroxylation is 1. The highest BCUT2D eigenvalue weighted by molar-refractivity contribution is 6.36. The minimum Gasteiger partial charge on any atom is -0.378 e. The molecule has 0 N–H and O–H groups in total. The smallest absolute Gasteiger partial charge is 0.138 e. The van der Waals surface area contributed by atoms with Crippen molar-refractivity contribution >= 4 is 34.7 Å². The molecule has 0 bridgehead atoms. The molecule has 1 aliphatic rings. The highest BCUT2D eigenvalue weighted by Crippen LogP contribution is 2.34. The number of benzene rings is 1. The van der Waals surface area contributed by atoms with Gasteiger partial charge >= 0.3 is 0 Å². The molecule has 0 spiro atoms. The fraction of sp³-hybridized carbons (Fsp3) is 0.316. The molecule has 25 heavy (non-hydrogen) atoms. The lowest BCUT2D eigenvalue weighted by Crippen LogP contribution is -2.36. The molecule has 0 radical (unpaired) electrons. The first kappa shape index (κ1) is 16.7. The molecule has 1 aliphatic heterocycles. The third kappa shape index (κ3) is 3.10. The van der Waals surface area contributed by atoms with Gasteiger partial charge in [0.05, 0.1) is 19.4 Å². The Morgan fingerprint density at radius 1 is 1.12 bits per heavy atom. The van der Waals surface area contributed by atoms with Crippen molar-refractivity contribution in [2.45, 2.75) is 13.3 Å². The van der Waals surface area contributed by atoms with Crippen LogP contribution in [0.3, 0.4) is 0 Å². The summed E-state index contributed by atoms with van der Waals surface area (Å²) in [5.74, 6) is 1.09. The Morgan fingerprint density at radius 3 is 2.64 bits per heavy atom. The SMILES string of the molecule is CCc1cc2ncc(N3CCOCC3)n2cc1-c1ccc(Cl)cc1Cl. The molecule has 1 saturated heterocycles. The van der Waals surface area contributed by atoms with Gasteiger partial charge in [0.25, 0.3) is 0 Å². The van der Waals surface area contributed by atoms with Crippen LogP contribution >= 0.6 is 23.2 Å². The standard InChI is InChI=1S/C19H19Cl2N3O/c1-2-13-9-18-22-11-19(23-5-7-25-8-6-23)24(18)12-16(13)15-4-3-14(20)10-17(15)21/h3-4,9-12H,2,5-8H2,1H3. The second kappa shape index (κ2) is 6.87. The van der Waals surface area contributed by atoms with Crippen LogP contribution in [0.1, 0.15) is 12.5 Å². The van der Waals surface area contributed by atoms with Gasteiger partial charge in [-0.2, -0.15) is 0 Å². The molecule has 0 aliphatic carbocycles. The van der Waals surface area contributed by atoms with E-state index in [1.165, 1.54) is 5.56 Å². The number of nitrogens with zero attached hydrogens (tertiary/aromatic N) is 3. The Balaban J connectivity index is 1.87. The molecule has 4 nitrogen and oxygen atoms in total. The molecule has 1 fully saturated rings. The lowest BCUT2D eigenvalue weighted by Gasteiger charge is -2.28. The second-order valence-electron chi connectivity index (χ2n) is 6.13. The van der Waals surface area contributed by atoms with Gasteiger partial charge in [0.2, 0.25) is 0 Å². The highest BCUT2D eigenvalue weighted by atomic mass is 35.5. The zero-order valence-corrected chi connectivity index (χ0v) is 15.5. The highest BCUT2D eigenvalue weighted by Gasteiger charge is 2.17. The third-order valence-corrected chi connectivity index (χ3v) is 5.20. The number of rotatable bonds is 3. The van der Waals surface area contributed by atoms with Crippen molar-refractivity contribution in [1.82, 2.24) is 9.38 Å². The van der Waals surface area contributed by atoms with Crippen molar-refractivity contribution in [2.24, 2.45) is 0 Å². The van der Waals surface area contributed by atoms with Gasteiger partial charge in [-0.1, -0.05) is 36.2 Å². The van der Waals surface area contributed by atoms with Crippen LogP contribution in [0.15, 0.2) is 36.7 Å². The van der Waals surface area contributed by atoms with Gasteiger partial charge in [0.1, 0.15) is 11.5 Å². The molecule has 2 aromatic heterocycles. The van der Waals surface area contributed by atoms with Gasteiger partial charge in [-0.3, -0.25) is 4.40 Å². The molecule has 0 atom stereocenters. The molecule has 1 aromatic carbocycles. The van der Waals surface area contributed by atoms with Crippen LogP contribution in [0.2, 0.25) is 10.0 Å². The van der Waals surface area contributed by atoms with E-state index in [1.54, 1.807) is 6.07 Å². The first-order chi connectivity index (χ1) is 12.2. The number of anilines is 1. The number of fused-ring (bicyclic) bond motifs is 1. The number of ether oxygens (including phenoxy) is 1. The summed E-state index contributed by atoms with van der Waals surface area (Å²) < 4.78 is 7.61. The number of aromatic nitrogens is 2. The van der Waals surface area contributed by atoms with Gasteiger partial charge in [-0.05, 0) is 30.2 Å². The monoisotopic (exact) mass is 375 g/mol. The fourth-order valence-corrected chi connectivity index (χ4v) is 3.83. The summed E-state index contributed by atoms with van der Waals surface area (Å²) in [7, 11) is 0. The lowest BCUT2D eigenvalue weighted by molar-refractivity contribution is 0.122. The Labute approximate surface area is 156 Å². The van der Waals surface area contributed by atoms with E-state index in [2.05, 4.69) is 33.5 Å². The first-order valence-electron chi connectivity index (χ1n) is 8.45. The van der Waals surface area contributed by atoms with Crippen LogP contribution in [-0.2, 0) is 11.2 Å². The second-order valence-corrected chi connectivity index (χ2v) is 6.98.